The van der Waals surface area contributed by atoms with Gasteiger partial charge in [0.05, 0.1) is 18.4 Å². The Labute approximate surface area is 150 Å². The second kappa shape index (κ2) is 6.79. The number of carbonyl (C=O) groups is 2. The molecule has 0 atom stereocenters. The van der Waals surface area contributed by atoms with Crippen molar-refractivity contribution in [3.8, 4) is 0 Å². The summed E-state index contributed by atoms with van der Waals surface area (Å²) in [6.07, 6.45) is 3.21. The quantitative estimate of drug-likeness (QED) is 0.755. The van der Waals surface area contributed by atoms with Crippen molar-refractivity contribution in [2.45, 2.75) is 0 Å². The number of aromatic nitrogens is 2. The van der Waals surface area contributed by atoms with Gasteiger partial charge in [0, 0.05) is 24.7 Å². The van der Waals surface area contributed by atoms with E-state index in [-0.39, 0.29) is 11.8 Å². The van der Waals surface area contributed by atoms with Crippen molar-refractivity contribution in [2.75, 3.05) is 29.9 Å². The number of fused-ring (bicyclic) bond motifs is 1. The summed E-state index contributed by atoms with van der Waals surface area (Å²) in [5.74, 6) is 0.410. The molecule has 0 bridgehead atoms. The maximum atomic E-state index is 12.6. The third-order valence-corrected chi connectivity index (χ3v) is 4.26. The van der Waals surface area contributed by atoms with Crippen molar-refractivity contribution in [2.24, 2.45) is 0 Å². The van der Waals surface area contributed by atoms with Crippen molar-refractivity contribution in [1.29, 1.82) is 0 Å². The number of hydrogen-bond acceptors (Lipinski definition) is 5. The standard InChI is InChI=1S/C19H17N5O2/c25-17-12-24(10-9-20-17)16-6-5-14(11-22-16)23-19(26)18-15-4-2-1-3-13(15)7-8-21-18/h1-8,11H,9-10,12H2,(H,20,25)(H,23,26). The number of amides is 2. The van der Waals surface area contributed by atoms with E-state index in [0.717, 1.165) is 10.8 Å². The van der Waals surface area contributed by atoms with Gasteiger partial charge in [0.25, 0.3) is 5.91 Å². The van der Waals surface area contributed by atoms with Crippen LogP contribution in [0.25, 0.3) is 10.8 Å². The fourth-order valence-electron chi connectivity index (χ4n) is 2.97. The highest BCUT2D eigenvalue weighted by Crippen LogP contribution is 2.19. The highest BCUT2D eigenvalue weighted by Gasteiger charge is 2.17. The smallest absolute Gasteiger partial charge is 0.274 e. The molecule has 2 amide bonds. The van der Waals surface area contributed by atoms with Crippen LogP contribution in [0.2, 0.25) is 0 Å². The Bertz CT molecular complexity index is 966. The molecule has 26 heavy (non-hydrogen) atoms. The maximum absolute atomic E-state index is 12.6. The lowest BCUT2D eigenvalue weighted by atomic mass is 10.1. The lowest BCUT2D eigenvalue weighted by molar-refractivity contribution is -0.120. The molecular weight excluding hydrogens is 330 g/mol. The Kier molecular flexibility index (Phi) is 4.18. The summed E-state index contributed by atoms with van der Waals surface area (Å²) in [5.41, 5.74) is 0.954. The van der Waals surface area contributed by atoms with Gasteiger partial charge in [-0.2, -0.15) is 0 Å². The molecule has 1 saturated heterocycles. The van der Waals surface area contributed by atoms with E-state index in [1.165, 1.54) is 0 Å². The fraction of sp³-hybridized carbons (Fsp3) is 0.158. The largest absolute Gasteiger partial charge is 0.353 e. The van der Waals surface area contributed by atoms with Gasteiger partial charge in [-0.25, -0.2) is 4.98 Å². The van der Waals surface area contributed by atoms with Crippen molar-refractivity contribution in [3.05, 3.63) is 60.6 Å². The first-order valence-electron chi connectivity index (χ1n) is 8.33. The first-order valence-corrected chi connectivity index (χ1v) is 8.33. The summed E-state index contributed by atoms with van der Waals surface area (Å²) >= 11 is 0. The predicted molar refractivity (Wildman–Crippen MR) is 99.2 cm³/mol. The van der Waals surface area contributed by atoms with Crippen LogP contribution in [0.3, 0.4) is 0 Å². The van der Waals surface area contributed by atoms with Gasteiger partial charge in [0.1, 0.15) is 11.5 Å². The Morgan fingerprint density at radius 3 is 2.81 bits per heavy atom. The maximum Gasteiger partial charge on any atom is 0.274 e. The van der Waals surface area contributed by atoms with Gasteiger partial charge in [0.2, 0.25) is 5.91 Å². The average Bonchev–Trinajstić information content (AvgIpc) is 2.68. The van der Waals surface area contributed by atoms with Crippen LogP contribution >= 0.6 is 0 Å². The minimum Gasteiger partial charge on any atom is -0.353 e. The number of benzene rings is 1. The number of pyridine rings is 2. The van der Waals surface area contributed by atoms with Crippen LogP contribution in [0, 0.1) is 0 Å². The van der Waals surface area contributed by atoms with E-state index in [2.05, 4.69) is 20.6 Å². The Morgan fingerprint density at radius 2 is 2.00 bits per heavy atom. The summed E-state index contributed by atoms with van der Waals surface area (Å²) in [7, 11) is 0. The Hall–Kier alpha value is -3.48. The van der Waals surface area contributed by atoms with E-state index in [4.69, 9.17) is 0 Å². The van der Waals surface area contributed by atoms with Gasteiger partial charge >= 0.3 is 0 Å². The highest BCUT2D eigenvalue weighted by atomic mass is 16.2. The van der Waals surface area contributed by atoms with Crippen molar-refractivity contribution < 1.29 is 9.59 Å². The molecule has 0 saturated carbocycles. The molecule has 0 unspecified atom stereocenters. The molecule has 3 heterocycles. The zero-order valence-electron chi connectivity index (χ0n) is 14.0. The number of piperazine rings is 1. The molecule has 0 spiro atoms. The van der Waals surface area contributed by atoms with Gasteiger partial charge in [0.15, 0.2) is 0 Å². The summed E-state index contributed by atoms with van der Waals surface area (Å²) in [4.78, 5) is 34.5. The van der Waals surface area contributed by atoms with Gasteiger partial charge in [-0.15, -0.1) is 0 Å². The number of nitrogens with zero attached hydrogens (tertiary/aromatic N) is 3. The van der Waals surface area contributed by atoms with Crippen molar-refractivity contribution in [1.82, 2.24) is 15.3 Å². The first-order chi connectivity index (χ1) is 12.7. The molecule has 0 radical (unpaired) electrons. The number of nitrogens with one attached hydrogen (secondary N) is 2. The molecule has 2 N–H and O–H groups in total. The van der Waals surface area contributed by atoms with E-state index >= 15 is 0 Å². The van der Waals surface area contributed by atoms with E-state index in [0.29, 0.717) is 36.8 Å². The monoisotopic (exact) mass is 347 g/mol. The van der Waals surface area contributed by atoms with Gasteiger partial charge in [-0.3, -0.25) is 14.6 Å². The number of anilines is 2. The van der Waals surface area contributed by atoms with Crippen LogP contribution in [0.1, 0.15) is 10.5 Å². The lowest BCUT2D eigenvalue weighted by Crippen LogP contribution is -2.48. The normalized spacial score (nSPS) is 14.2. The zero-order chi connectivity index (χ0) is 17.9. The van der Waals surface area contributed by atoms with Crippen LogP contribution in [0.5, 0.6) is 0 Å². The van der Waals surface area contributed by atoms with Gasteiger partial charge < -0.3 is 15.5 Å². The molecule has 130 valence electrons. The zero-order valence-corrected chi connectivity index (χ0v) is 14.0. The third kappa shape index (κ3) is 3.19. The predicted octanol–water partition coefficient (Wildman–Crippen LogP) is 1.82. The minimum atomic E-state index is -0.284. The first kappa shape index (κ1) is 16.0. The highest BCUT2D eigenvalue weighted by molar-refractivity contribution is 6.11. The SMILES string of the molecule is O=C1CN(c2ccc(NC(=O)c3nccc4ccccc34)cn2)CCN1. The van der Waals surface area contributed by atoms with Crippen LogP contribution in [-0.4, -0.2) is 41.4 Å². The van der Waals surface area contributed by atoms with Crippen LogP contribution in [0.15, 0.2) is 54.9 Å². The molecule has 1 aliphatic rings. The van der Waals surface area contributed by atoms with E-state index < -0.39 is 0 Å². The number of rotatable bonds is 3. The van der Waals surface area contributed by atoms with E-state index in [1.54, 1.807) is 24.5 Å². The molecule has 7 heteroatoms. The molecule has 1 aliphatic heterocycles. The third-order valence-electron chi connectivity index (χ3n) is 4.26. The molecule has 4 rings (SSSR count). The summed E-state index contributed by atoms with van der Waals surface area (Å²) < 4.78 is 0. The lowest BCUT2D eigenvalue weighted by Gasteiger charge is -2.27. The Morgan fingerprint density at radius 1 is 1.12 bits per heavy atom. The number of carbonyl (C=O) groups excluding carboxylic acids is 2. The Balaban J connectivity index is 1.52. The molecule has 1 aromatic carbocycles. The second-order valence-corrected chi connectivity index (χ2v) is 6.01. The minimum absolute atomic E-state index is 0.0162. The molecular formula is C19H17N5O2. The van der Waals surface area contributed by atoms with Crippen LogP contribution in [-0.2, 0) is 4.79 Å². The van der Waals surface area contributed by atoms with Crippen molar-refractivity contribution >= 4 is 34.1 Å². The summed E-state index contributed by atoms with van der Waals surface area (Å²) in [5, 5.41) is 7.37. The molecule has 7 nitrogen and oxygen atoms in total. The second-order valence-electron chi connectivity index (χ2n) is 6.01. The molecule has 2 aromatic heterocycles. The fourth-order valence-corrected chi connectivity index (χ4v) is 2.97. The molecule has 3 aromatic rings. The number of hydrogen-bond donors (Lipinski definition) is 2. The van der Waals surface area contributed by atoms with Crippen LogP contribution in [0.4, 0.5) is 11.5 Å². The molecule has 1 fully saturated rings. The van der Waals surface area contributed by atoms with Gasteiger partial charge in [-0.1, -0.05) is 24.3 Å². The van der Waals surface area contributed by atoms with E-state index in [1.807, 2.05) is 35.2 Å². The van der Waals surface area contributed by atoms with Crippen molar-refractivity contribution in [3.63, 3.8) is 0 Å². The average molecular weight is 347 g/mol. The topological polar surface area (TPSA) is 87.2 Å². The van der Waals surface area contributed by atoms with Gasteiger partial charge in [-0.05, 0) is 23.6 Å². The molecule has 0 aliphatic carbocycles. The van der Waals surface area contributed by atoms with E-state index in [9.17, 15) is 9.59 Å². The summed E-state index contributed by atoms with van der Waals surface area (Å²) in [6.45, 7) is 1.61. The van der Waals surface area contributed by atoms with Crippen LogP contribution < -0.4 is 15.5 Å². The summed E-state index contributed by atoms with van der Waals surface area (Å²) in [6, 6.07) is 13.1.